The van der Waals surface area contributed by atoms with Gasteiger partial charge >= 0.3 is 0 Å². The smallest absolute Gasteiger partial charge is 0.132 e. The highest BCUT2D eigenvalue weighted by Crippen LogP contribution is 2.67. The van der Waals surface area contributed by atoms with Crippen molar-refractivity contribution in [3.63, 3.8) is 0 Å². The summed E-state index contributed by atoms with van der Waals surface area (Å²) in [5, 5.41) is 0. The molecule has 4 aliphatic carbocycles. The number of thioether (sulfide) groups is 1. The zero-order valence-electron chi connectivity index (χ0n) is 42.9. The van der Waals surface area contributed by atoms with Crippen molar-refractivity contribution < 1.29 is 4.74 Å². The summed E-state index contributed by atoms with van der Waals surface area (Å²) < 4.78 is 6.76. The van der Waals surface area contributed by atoms with Crippen LogP contribution in [0.25, 0.3) is 33.4 Å². The fourth-order valence-electron chi connectivity index (χ4n) is 15.6. The van der Waals surface area contributed by atoms with E-state index in [1.165, 1.54) is 120 Å². The maximum Gasteiger partial charge on any atom is 0.132 e. The molecule has 0 bridgehead atoms. The summed E-state index contributed by atoms with van der Waals surface area (Å²) >= 11 is 3.87. The Morgan fingerprint density at radius 2 is 0.709 bits per heavy atom. The number of ether oxygens (including phenoxy) is 1. The second-order valence-corrected chi connectivity index (χ2v) is 24.2. The van der Waals surface area contributed by atoms with E-state index in [0.717, 1.165) is 41.4 Å². The molecule has 79 heavy (non-hydrogen) atoms. The number of fused-ring (bicyclic) bond motifs is 26. The second kappa shape index (κ2) is 16.1. The Bertz CT molecular complexity index is 4490. The van der Waals surface area contributed by atoms with Crippen molar-refractivity contribution in [2.45, 2.75) is 43.8 Å². The maximum atomic E-state index is 6.76. The van der Waals surface area contributed by atoms with Crippen molar-refractivity contribution in [3.05, 3.63) is 333 Å². The molecule has 0 amide bonds. The van der Waals surface area contributed by atoms with Gasteiger partial charge in [-0.1, -0.05) is 218 Å². The summed E-state index contributed by atoms with van der Waals surface area (Å²) in [6.45, 7) is 0. The predicted octanol–water partition coefficient (Wildman–Crippen LogP) is 19.5. The third-order valence-electron chi connectivity index (χ3n) is 18.5. The van der Waals surface area contributed by atoms with Gasteiger partial charge < -0.3 is 9.64 Å². The van der Waals surface area contributed by atoms with Gasteiger partial charge in [0.25, 0.3) is 0 Å². The number of nitrogens with zero attached hydrogens (tertiary/aromatic N) is 1. The highest BCUT2D eigenvalue weighted by Gasteiger charge is 2.54. The molecule has 370 valence electrons. The van der Waals surface area contributed by atoms with Crippen LogP contribution in [-0.2, 0) is 16.2 Å². The molecule has 0 N–H and O–H groups in total. The number of hydrogen-bond acceptors (Lipinski definition) is 4. The van der Waals surface area contributed by atoms with Gasteiger partial charge in [0, 0.05) is 42.9 Å². The van der Waals surface area contributed by atoms with Crippen LogP contribution in [0.2, 0.25) is 0 Å². The summed E-state index contributed by atoms with van der Waals surface area (Å²) in [7, 11) is 0. The van der Waals surface area contributed by atoms with Crippen molar-refractivity contribution in [1.29, 1.82) is 0 Å². The van der Waals surface area contributed by atoms with Crippen molar-refractivity contribution in [2.75, 3.05) is 4.90 Å². The van der Waals surface area contributed by atoms with Gasteiger partial charge in [-0.2, -0.15) is 0 Å². The molecule has 4 heteroatoms. The first-order valence-electron chi connectivity index (χ1n) is 27.6. The van der Waals surface area contributed by atoms with Crippen molar-refractivity contribution in [3.8, 4) is 44.9 Å². The molecule has 0 saturated carbocycles. The van der Waals surface area contributed by atoms with E-state index in [1.807, 2.05) is 23.5 Å². The lowest BCUT2D eigenvalue weighted by atomic mass is 9.66. The molecule has 0 fully saturated rings. The van der Waals surface area contributed by atoms with E-state index in [1.54, 1.807) is 0 Å². The van der Waals surface area contributed by atoms with E-state index in [2.05, 4.69) is 266 Å². The lowest BCUT2D eigenvalue weighted by molar-refractivity contribution is 0.436. The molecule has 3 spiro atoms. The molecule has 1 unspecified atom stereocenters. The summed E-state index contributed by atoms with van der Waals surface area (Å²) in [4.78, 5) is 8.00. The Balaban J connectivity index is 0.916. The van der Waals surface area contributed by atoms with Crippen LogP contribution < -0.4 is 9.64 Å². The summed E-state index contributed by atoms with van der Waals surface area (Å²) in [5.41, 5.74) is 25.1. The van der Waals surface area contributed by atoms with Crippen LogP contribution in [0.3, 0.4) is 0 Å². The van der Waals surface area contributed by atoms with Gasteiger partial charge in [0.15, 0.2) is 0 Å². The average molecular weight is 1040 g/mol. The van der Waals surface area contributed by atoms with Gasteiger partial charge in [0.05, 0.1) is 16.2 Å². The highest BCUT2D eigenvalue weighted by atomic mass is 32.2. The molecule has 0 aromatic heterocycles. The van der Waals surface area contributed by atoms with Crippen LogP contribution in [0.1, 0.15) is 74.0 Å². The zero-order valence-corrected chi connectivity index (χ0v) is 44.5. The normalized spacial score (nSPS) is 17.7. The maximum absolute atomic E-state index is 6.76. The molecular formula is C75H47NOS2. The van der Waals surface area contributed by atoms with E-state index in [9.17, 15) is 0 Å². The Labute approximate surface area is 468 Å². The monoisotopic (exact) mass is 1040 g/mol. The third-order valence-corrected chi connectivity index (χ3v) is 20.9. The van der Waals surface area contributed by atoms with E-state index in [0.29, 0.717) is 0 Å². The first kappa shape index (κ1) is 44.2. The number of benzene rings is 11. The number of allylic oxidation sites excluding steroid dienone is 4. The predicted molar refractivity (Wildman–Crippen MR) is 323 cm³/mol. The minimum atomic E-state index is -0.576. The van der Waals surface area contributed by atoms with Gasteiger partial charge in [0.2, 0.25) is 0 Å². The summed E-state index contributed by atoms with van der Waals surface area (Å²) in [5.74, 6) is 1.79. The van der Waals surface area contributed by atoms with Crippen molar-refractivity contribution in [2.24, 2.45) is 0 Å². The average Bonchev–Trinajstić information content (AvgIpc) is 3.61. The molecular weight excluding hydrogens is 995 g/mol. The van der Waals surface area contributed by atoms with Gasteiger partial charge in [0.1, 0.15) is 11.5 Å². The van der Waals surface area contributed by atoms with Crippen LogP contribution in [0.5, 0.6) is 11.5 Å². The standard InChI is InChI=1S/C75H47NOS2/c1-4-22-55-49(19-1)52-40-37-48(45-66(52)75(55)64-29-11-17-35-71(64)79-72-36-18-12-30-65(72)75)76(46-38-41-58-53(43-46)50-20-2-5-23-56(50)73(58)60-25-7-13-31-67(60)77-68-32-14-8-26-61(68)73)47-39-42-59-54(44-47)51-21-3-6-24-57(51)74(59)62-27-9-15-33-69(62)78-70-34-16-10-28-63(70)74/h1-15,17-33,35-45H,16,34H2. The van der Waals surface area contributed by atoms with E-state index >= 15 is 0 Å². The Morgan fingerprint density at radius 1 is 0.316 bits per heavy atom. The van der Waals surface area contributed by atoms with Crippen molar-refractivity contribution in [1.82, 2.24) is 0 Å². The van der Waals surface area contributed by atoms with Crippen molar-refractivity contribution >= 4 is 40.6 Å². The van der Waals surface area contributed by atoms with Crippen LogP contribution >= 0.6 is 23.5 Å². The Morgan fingerprint density at radius 3 is 1.29 bits per heavy atom. The molecule has 11 aromatic carbocycles. The van der Waals surface area contributed by atoms with E-state index < -0.39 is 16.2 Å². The molecule has 3 aliphatic heterocycles. The number of para-hydroxylation sites is 2. The zero-order chi connectivity index (χ0) is 51.6. The van der Waals surface area contributed by atoms with Gasteiger partial charge in [-0.3, -0.25) is 0 Å². The third kappa shape index (κ3) is 5.55. The van der Waals surface area contributed by atoms with E-state index in [-0.39, 0.29) is 0 Å². The first-order valence-corrected chi connectivity index (χ1v) is 29.2. The molecule has 0 saturated heterocycles. The second-order valence-electron chi connectivity index (χ2n) is 22.0. The van der Waals surface area contributed by atoms with E-state index in [4.69, 9.17) is 4.74 Å². The van der Waals surface area contributed by atoms with Gasteiger partial charge in [-0.05, 0) is 174 Å². The fraction of sp³-hybridized carbons (Fsp3) is 0.0667. The van der Waals surface area contributed by atoms with Crippen LogP contribution in [0.15, 0.2) is 286 Å². The minimum Gasteiger partial charge on any atom is -0.457 e. The highest BCUT2D eigenvalue weighted by molar-refractivity contribution is 8.03. The van der Waals surface area contributed by atoms with Crippen LogP contribution in [-0.4, -0.2) is 0 Å². The molecule has 18 rings (SSSR count). The Kier molecular flexibility index (Phi) is 9.03. The van der Waals surface area contributed by atoms with Gasteiger partial charge in [-0.15, -0.1) is 0 Å². The quantitative estimate of drug-likeness (QED) is 0.175. The molecule has 7 aliphatic rings. The van der Waals surface area contributed by atoms with Gasteiger partial charge in [-0.25, -0.2) is 0 Å². The fourth-order valence-corrected chi connectivity index (χ4v) is 18.1. The number of anilines is 3. The first-order chi connectivity index (χ1) is 39.2. The SMILES string of the molecule is C1=CC2=C(CC1)Sc1ccccc1C21c2ccccc2-c2cc(N(c3ccc4c(c3)-c3ccccc3C43c4ccccc4Oc4ccccc43)c3ccc4c(c3)C3(c5ccccc5Sc5ccccc53)c3ccccc3-4)ccc21. The summed E-state index contributed by atoms with van der Waals surface area (Å²) in [6.07, 6.45) is 6.98. The lowest BCUT2D eigenvalue weighted by Crippen LogP contribution is -2.33. The Hall–Kier alpha value is -8.80. The molecule has 11 aromatic rings. The van der Waals surface area contributed by atoms with Crippen LogP contribution in [0.4, 0.5) is 17.1 Å². The molecule has 0 radical (unpaired) electrons. The minimum absolute atomic E-state index is 0.434. The number of rotatable bonds is 3. The topological polar surface area (TPSA) is 12.5 Å². The molecule has 1 atom stereocenters. The number of hydrogen-bond donors (Lipinski definition) is 0. The molecule has 2 nitrogen and oxygen atoms in total. The molecule has 3 heterocycles. The largest absolute Gasteiger partial charge is 0.457 e. The lowest BCUT2D eigenvalue weighted by Gasteiger charge is -2.41. The van der Waals surface area contributed by atoms with Crippen LogP contribution in [0, 0.1) is 0 Å². The summed E-state index contributed by atoms with van der Waals surface area (Å²) in [6, 6.07) is 94.4.